The molecule has 0 saturated carbocycles. The molecule has 0 aliphatic carbocycles. The lowest BCUT2D eigenvalue weighted by Gasteiger charge is -2.23. The molecule has 2 heterocycles. The molecule has 0 aliphatic heterocycles. The lowest BCUT2D eigenvalue weighted by molar-refractivity contribution is -0.380. The normalized spacial score (nSPS) is 12.8. The summed E-state index contributed by atoms with van der Waals surface area (Å²) in [7, 11) is -4.55. The summed E-state index contributed by atoms with van der Waals surface area (Å²) < 4.78 is 70.6. The van der Waals surface area contributed by atoms with E-state index in [1.807, 2.05) is 4.90 Å². The number of benzene rings is 1. The number of nitrogens with zero attached hydrogens (tertiary/aromatic N) is 3. The van der Waals surface area contributed by atoms with Crippen LogP contribution in [0.3, 0.4) is 0 Å². The minimum absolute atomic E-state index is 0.0473. The standard InChI is InChI=1S/C22H20Cl2F3N3O5S2/c23-8-10-29(11-9-24)16-2-4-17(5-3-16)35-37(33,34)19(18-7-12-36-21(18)30(31)32)13-15-1-6-20(28-14-15)22(25,26)27/h1-7,12,14,19H,8-11,13H2. The van der Waals surface area contributed by atoms with Crippen LogP contribution in [0.5, 0.6) is 5.75 Å². The Morgan fingerprint density at radius 2 is 1.73 bits per heavy atom. The Morgan fingerprint density at radius 3 is 2.24 bits per heavy atom. The van der Waals surface area contributed by atoms with E-state index in [9.17, 15) is 31.7 Å². The van der Waals surface area contributed by atoms with Gasteiger partial charge in [0.05, 0.1) is 10.5 Å². The van der Waals surface area contributed by atoms with E-state index in [-0.39, 0.29) is 16.9 Å². The minimum atomic E-state index is -4.67. The van der Waals surface area contributed by atoms with Gasteiger partial charge in [0.2, 0.25) is 0 Å². The first kappa shape index (κ1) is 29.0. The summed E-state index contributed by atoms with van der Waals surface area (Å²) in [5.41, 5.74) is -0.432. The molecular formula is C22H20Cl2F3N3O5S2. The van der Waals surface area contributed by atoms with Gasteiger partial charge in [-0.25, -0.2) is 0 Å². The number of thiophene rings is 1. The first-order valence-electron chi connectivity index (χ1n) is 10.6. The smallest absolute Gasteiger partial charge is 0.382 e. The predicted molar refractivity (Wildman–Crippen MR) is 136 cm³/mol. The average Bonchev–Trinajstić information content (AvgIpc) is 3.32. The average molecular weight is 598 g/mol. The van der Waals surface area contributed by atoms with Gasteiger partial charge >= 0.3 is 21.3 Å². The van der Waals surface area contributed by atoms with Crippen molar-refractivity contribution in [3.05, 3.63) is 81.0 Å². The van der Waals surface area contributed by atoms with Crippen LogP contribution in [-0.4, -0.2) is 43.2 Å². The summed E-state index contributed by atoms with van der Waals surface area (Å²) >= 11 is 12.4. The van der Waals surface area contributed by atoms with E-state index < -0.39 is 43.6 Å². The van der Waals surface area contributed by atoms with E-state index in [2.05, 4.69) is 4.98 Å². The van der Waals surface area contributed by atoms with Gasteiger partial charge < -0.3 is 9.08 Å². The molecule has 0 aliphatic rings. The van der Waals surface area contributed by atoms with Gasteiger partial charge in [0.25, 0.3) is 0 Å². The van der Waals surface area contributed by atoms with Crippen LogP contribution in [0.2, 0.25) is 0 Å². The second kappa shape index (κ2) is 12.3. The lowest BCUT2D eigenvalue weighted by Crippen LogP contribution is -2.27. The van der Waals surface area contributed by atoms with E-state index >= 15 is 0 Å². The molecule has 3 aromatic rings. The van der Waals surface area contributed by atoms with Crippen LogP contribution in [-0.2, 0) is 22.7 Å². The summed E-state index contributed by atoms with van der Waals surface area (Å²) in [6, 6.07) is 9.15. The van der Waals surface area contributed by atoms with Crippen molar-refractivity contribution >= 4 is 55.3 Å². The van der Waals surface area contributed by atoms with Crippen LogP contribution in [0.15, 0.2) is 54.0 Å². The van der Waals surface area contributed by atoms with Gasteiger partial charge in [-0.2, -0.15) is 21.6 Å². The maximum Gasteiger partial charge on any atom is 0.433 e. The van der Waals surface area contributed by atoms with Gasteiger partial charge in [0.1, 0.15) is 16.7 Å². The second-order valence-electron chi connectivity index (χ2n) is 7.62. The Balaban J connectivity index is 1.92. The van der Waals surface area contributed by atoms with Crippen molar-refractivity contribution in [2.45, 2.75) is 17.8 Å². The second-order valence-corrected chi connectivity index (χ2v) is 11.0. The highest BCUT2D eigenvalue weighted by molar-refractivity contribution is 7.87. The van der Waals surface area contributed by atoms with Crippen molar-refractivity contribution < 1.29 is 30.7 Å². The van der Waals surface area contributed by atoms with Crippen LogP contribution in [0.1, 0.15) is 22.1 Å². The van der Waals surface area contributed by atoms with Crippen LogP contribution in [0.25, 0.3) is 0 Å². The highest BCUT2D eigenvalue weighted by atomic mass is 35.5. The molecule has 8 nitrogen and oxygen atoms in total. The first-order chi connectivity index (χ1) is 17.5. The maximum absolute atomic E-state index is 13.3. The largest absolute Gasteiger partial charge is 0.433 e. The molecule has 15 heteroatoms. The quantitative estimate of drug-likeness (QED) is 0.108. The Hall–Kier alpha value is -2.61. The van der Waals surface area contributed by atoms with Gasteiger partial charge in [-0.3, -0.25) is 15.1 Å². The molecule has 0 bridgehead atoms. The number of hydrogen-bond acceptors (Lipinski definition) is 8. The highest BCUT2D eigenvalue weighted by Crippen LogP contribution is 2.38. The van der Waals surface area contributed by atoms with Crippen molar-refractivity contribution in [1.82, 2.24) is 4.98 Å². The molecule has 1 atom stereocenters. The van der Waals surface area contributed by atoms with Crippen molar-refractivity contribution in [2.75, 3.05) is 29.7 Å². The number of halogens is 5. The van der Waals surface area contributed by atoms with E-state index in [1.54, 1.807) is 12.1 Å². The van der Waals surface area contributed by atoms with E-state index in [4.69, 9.17) is 27.4 Å². The number of anilines is 1. The highest BCUT2D eigenvalue weighted by Gasteiger charge is 2.37. The van der Waals surface area contributed by atoms with E-state index in [0.717, 1.165) is 29.3 Å². The van der Waals surface area contributed by atoms with Crippen molar-refractivity contribution in [1.29, 1.82) is 0 Å². The zero-order valence-electron chi connectivity index (χ0n) is 18.9. The maximum atomic E-state index is 13.3. The Bertz CT molecular complexity index is 1300. The first-order valence-corrected chi connectivity index (χ1v) is 14.0. The van der Waals surface area contributed by atoms with Gasteiger partial charge in [-0.05, 0) is 53.8 Å². The lowest BCUT2D eigenvalue weighted by atomic mass is 10.1. The van der Waals surface area contributed by atoms with Crippen molar-refractivity contribution in [2.24, 2.45) is 0 Å². The summed E-state index contributed by atoms with van der Waals surface area (Å²) in [5.74, 6) is 0.654. The summed E-state index contributed by atoms with van der Waals surface area (Å²) in [6.07, 6.45) is -4.18. The molecule has 0 saturated heterocycles. The fraction of sp³-hybridized carbons (Fsp3) is 0.318. The molecule has 3 rings (SSSR count). The summed E-state index contributed by atoms with van der Waals surface area (Å²) in [5, 5.41) is 10.9. The monoisotopic (exact) mass is 597 g/mol. The predicted octanol–water partition coefficient (Wildman–Crippen LogP) is 6.05. The van der Waals surface area contributed by atoms with Crippen LogP contribution >= 0.6 is 34.5 Å². The molecular weight excluding hydrogens is 578 g/mol. The van der Waals surface area contributed by atoms with Crippen LogP contribution in [0, 0.1) is 10.1 Å². The third kappa shape index (κ3) is 7.46. The number of hydrogen-bond donors (Lipinski definition) is 0. The van der Waals surface area contributed by atoms with Gasteiger partial charge in [0, 0.05) is 36.7 Å². The molecule has 0 fully saturated rings. The number of nitro groups is 1. The molecule has 2 aromatic heterocycles. The fourth-order valence-corrected chi connectivity index (χ4v) is 6.13. The Morgan fingerprint density at radius 1 is 1.08 bits per heavy atom. The third-order valence-electron chi connectivity index (χ3n) is 5.19. The van der Waals surface area contributed by atoms with Crippen LogP contribution in [0.4, 0.5) is 23.9 Å². The van der Waals surface area contributed by atoms with Gasteiger partial charge in [-0.1, -0.05) is 17.4 Å². The third-order valence-corrected chi connectivity index (χ3v) is 7.96. The zero-order chi connectivity index (χ0) is 27.2. The molecule has 1 unspecified atom stereocenters. The topological polar surface area (TPSA) is 103 Å². The van der Waals surface area contributed by atoms with E-state index in [1.165, 1.54) is 23.6 Å². The van der Waals surface area contributed by atoms with Gasteiger partial charge in [-0.15, -0.1) is 23.2 Å². The van der Waals surface area contributed by atoms with Crippen molar-refractivity contribution in [3.8, 4) is 5.75 Å². The number of aromatic nitrogens is 1. The molecule has 1 aromatic carbocycles. The van der Waals surface area contributed by atoms with Crippen LogP contribution < -0.4 is 9.08 Å². The fourth-order valence-electron chi connectivity index (χ4n) is 3.48. The molecule has 200 valence electrons. The zero-order valence-corrected chi connectivity index (χ0v) is 22.0. The minimum Gasteiger partial charge on any atom is -0.382 e. The Kier molecular flexibility index (Phi) is 9.62. The number of pyridine rings is 1. The summed E-state index contributed by atoms with van der Waals surface area (Å²) in [6.45, 7) is 1.02. The SMILES string of the molecule is O=[N+]([O-])c1sccc1C(Cc1ccc(C(F)(F)F)nc1)S(=O)(=O)Oc1ccc(N(CCCl)CCCl)cc1. The van der Waals surface area contributed by atoms with Crippen molar-refractivity contribution in [3.63, 3.8) is 0 Å². The molecule has 0 amide bonds. The summed E-state index contributed by atoms with van der Waals surface area (Å²) in [4.78, 5) is 16.0. The Labute approximate surface area is 224 Å². The number of rotatable bonds is 12. The molecule has 0 N–H and O–H groups in total. The number of alkyl halides is 5. The van der Waals surface area contributed by atoms with E-state index in [0.29, 0.717) is 30.9 Å². The molecule has 0 spiro atoms. The molecule has 37 heavy (non-hydrogen) atoms. The molecule has 0 radical (unpaired) electrons. The van der Waals surface area contributed by atoms with Gasteiger partial charge in [0.15, 0.2) is 0 Å².